The van der Waals surface area contributed by atoms with Gasteiger partial charge in [-0.3, -0.25) is 9.59 Å². The third kappa shape index (κ3) is 6.52. The van der Waals surface area contributed by atoms with Crippen LogP contribution in [0.4, 0.5) is 11.4 Å². The van der Waals surface area contributed by atoms with E-state index in [0.29, 0.717) is 18.9 Å². The van der Waals surface area contributed by atoms with Gasteiger partial charge in [0.2, 0.25) is 15.9 Å². The van der Waals surface area contributed by atoms with Crippen molar-refractivity contribution in [2.75, 3.05) is 36.5 Å². The number of nitrogens with zero attached hydrogens (tertiary/aromatic N) is 1. The molecule has 1 aliphatic rings. The molecule has 32 heavy (non-hydrogen) atoms. The summed E-state index contributed by atoms with van der Waals surface area (Å²) < 4.78 is 33.1. The zero-order valence-electron chi connectivity index (χ0n) is 17.8. The number of ether oxygens (including phenoxy) is 1. The third-order valence-electron chi connectivity index (χ3n) is 5.10. The highest BCUT2D eigenvalue weighted by Crippen LogP contribution is 2.20. The third-order valence-corrected chi connectivity index (χ3v) is 6.59. The van der Waals surface area contributed by atoms with Crippen LogP contribution in [-0.4, -0.2) is 57.7 Å². The number of benzene rings is 2. The number of carboxylic acid groups (broad SMARTS) is 1. The maximum Gasteiger partial charge on any atom is 0.303 e. The minimum atomic E-state index is -4.00. The molecule has 0 aliphatic carbocycles. The summed E-state index contributed by atoms with van der Waals surface area (Å²) in [6.07, 6.45) is -0.539. The molecule has 0 bridgehead atoms. The van der Waals surface area contributed by atoms with Crippen molar-refractivity contribution in [1.82, 2.24) is 4.72 Å². The van der Waals surface area contributed by atoms with Crippen LogP contribution in [0.5, 0.6) is 0 Å². The van der Waals surface area contributed by atoms with Gasteiger partial charge in [-0.2, -0.15) is 4.72 Å². The summed E-state index contributed by atoms with van der Waals surface area (Å²) in [7, 11) is -4.00. The lowest BCUT2D eigenvalue weighted by atomic mass is 10.1. The molecule has 1 fully saturated rings. The first kappa shape index (κ1) is 23.7. The molecule has 0 unspecified atom stereocenters. The van der Waals surface area contributed by atoms with Gasteiger partial charge in [-0.25, -0.2) is 8.42 Å². The number of nitrogens with one attached hydrogen (secondary N) is 2. The number of rotatable bonds is 9. The molecule has 9 nitrogen and oxygen atoms in total. The second kappa shape index (κ2) is 10.6. The van der Waals surface area contributed by atoms with E-state index in [2.05, 4.69) is 14.9 Å². The van der Waals surface area contributed by atoms with Gasteiger partial charge < -0.3 is 20.1 Å². The van der Waals surface area contributed by atoms with Crippen LogP contribution < -0.4 is 14.9 Å². The Kier molecular flexibility index (Phi) is 7.84. The lowest BCUT2D eigenvalue weighted by molar-refractivity contribution is -0.137. The lowest BCUT2D eigenvalue weighted by Crippen LogP contribution is -2.44. The monoisotopic (exact) mass is 461 g/mol. The Labute approximate surface area is 187 Å². The summed E-state index contributed by atoms with van der Waals surface area (Å²) in [5.41, 5.74) is 2.38. The number of amides is 1. The number of carbonyl (C=O) groups excluding carboxylic acids is 1. The molecule has 10 heteroatoms. The van der Waals surface area contributed by atoms with Crippen LogP contribution in [0.25, 0.3) is 0 Å². The molecule has 0 saturated carbocycles. The maximum atomic E-state index is 12.8. The molecule has 0 aromatic heterocycles. The zero-order valence-corrected chi connectivity index (χ0v) is 18.6. The summed E-state index contributed by atoms with van der Waals surface area (Å²) >= 11 is 0. The molecule has 3 N–H and O–H groups in total. The van der Waals surface area contributed by atoms with Crippen LogP contribution in [0, 0.1) is 6.92 Å². The predicted octanol–water partition coefficient (Wildman–Crippen LogP) is 1.98. The molecule has 3 rings (SSSR count). The van der Waals surface area contributed by atoms with Gasteiger partial charge in [0.05, 0.1) is 18.1 Å². The van der Waals surface area contributed by atoms with Gasteiger partial charge in [-0.15, -0.1) is 0 Å². The number of hydrogen-bond donors (Lipinski definition) is 3. The molecular formula is C22H27N3O6S. The van der Waals surface area contributed by atoms with E-state index >= 15 is 0 Å². The van der Waals surface area contributed by atoms with Gasteiger partial charge in [0.25, 0.3) is 0 Å². The zero-order chi connectivity index (χ0) is 23.1. The van der Waals surface area contributed by atoms with E-state index in [1.165, 1.54) is 12.1 Å². The molecule has 1 saturated heterocycles. The average Bonchev–Trinajstić information content (AvgIpc) is 2.78. The maximum absolute atomic E-state index is 12.8. The Morgan fingerprint density at radius 3 is 2.28 bits per heavy atom. The molecule has 0 radical (unpaired) electrons. The fourth-order valence-corrected chi connectivity index (χ4v) is 4.52. The molecule has 1 heterocycles. The number of aliphatic carboxylic acids is 1. The number of carboxylic acids is 1. The van der Waals surface area contributed by atoms with Crippen LogP contribution in [0.15, 0.2) is 53.4 Å². The van der Waals surface area contributed by atoms with E-state index < -0.39 is 27.9 Å². The molecule has 172 valence electrons. The van der Waals surface area contributed by atoms with Gasteiger partial charge in [0.15, 0.2) is 0 Å². The topological polar surface area (TPSA) is 125 Å². The van der Waals surface area contributed by atoms with Crippen LogP contribution in [0.3, 0.4) is 0 Å². The molecule has 1 atom stereocenters. The quantitative estimate of drug-likeness (QED) is 0.521. The minimum absolute atomic E-state index is 0.00564. The van der Waals surface area contributed by atoms with Crippen molar-refractivity contribution in [2.45, 2.75) is 30.7 Å². The Bertz CT molecular complexity index is 1030. The molecule has 2 aromatic carbocycles. The van der Waals surface area contributed by atoms with Crippen LogP contribution in [0.1, 0.15) is 18.4 Å². The number of hydrogen-bond acceptors (Lipinski definition) is 6. The highest BCUT2D eigenvalue weighted by molar-refractivity contribution is 7.89. The van der Waals surface area contributed by atoms with Crippen molar-refractivity contribution < 1.29 is 27.9 Å². The smallest absolute Gasteiger partial charge is 0.303 e. The summed E-state index contributed by atoms with van der Waals surface area (Å²) in [6.45, 7) is 4.71. The lowest BCUT2D eigenvalue weighted by Gasteiger charge is -2.29. The fraction of sp³-hybridized carbons (Fsp3) is 0.364. The van der Waals surface area contributed by atoms with Crippen molar-refractivity contribution in [1.29, 1.82) is 0 Å². The second-order valence-electron chi connectivity index (χ2n) is 7.55. The highest BCUT2D eigenvalue weighted by Gasteiger charge is 2.26. The molecule has 2 aromatic rings. The van der Waals surface area contributed by atoms with Crippen molar-refractivity contribution in [2.24, 2.45) is 0 Å². The first-order valence-electron chi connectivity index (χ1n) is 10.3. The largest absolute Gasteiger partial charge is 0.481 e. The Morgan fingerprint density at radius 1 is 1.06 bits per heavy atom. The Hall–Kier alpha value is -2.95. The van der Waals surface area contributed by atoms with Gasteiger partial charge in [-0.05, 0) is 49.7 Å². The van der Waals surface area contributed by atoms with Crippen molar-refractivity contribution in [3.8, 4) is 0 Å². The molecule has 1 aliphatic heterocycles. The van der Waals surface area contributed by atoms with E-state index in [9.17, 15) is 18.0 Å². The summed E-state index contributed by atoms with van der Waals surface area (Å²) in [5, 5.41) is 11.7. The van der Waals surface area contributed by atoms with E-state index in [4.69, 9.17) is 9.84 Å². The van der Waals surface area contributed by atoms with Gasteiger partial charge >= 0.3 is 5.97 Å². The van der Waals surface area contributed by atoms with E-state index in [1.807, 2.05) is 19.1 Å². The summed E-state index contributed by atoms with van der Waals surface area (Å²) in [6, 6.07) is 12.1. The van der Waals surface area contributed by atoms with Crippen molar-refractivity contribution in [3.05, 3.63) is 54.1 Å². The van der Waals surface area contributed by atoms with Gasteiger partial charge in [0.1, 0.15) is 6.04 Å². The number of morpholine rings is 1. The SMILES string of the molecule is Cc1ccc(S(=O)(=O)N[C@@H](CCC(=O)O)C(=O)Nc2ccc(N3CCOCC3)cc2)cc1. The molecule has 0 spiro atoms. The Balaban J connectivity index is 1.71. The van der Waals surface area contributed by atoms with Gasteiger partial charge in [-0.1, -0.05) is 17.7 Å². The summed E-state index contributed by atoms with van der Waals surface area (Å²) in [4.78, 5) is 26.0. The van der Waals surface area contributed by atoms with Crippen molar-refractivity contribution in [3.63, 3.8) is 0 Å². The van der Waals surface area contributed by atoms with Gasteiger partial charge in [0, 0.05) is 30.9 Å². The van der Waals surface area contributed by atoms with Crippen LogP contribution >= 0.6 is 0 Å². The number of sulfonamides is 1. The van der Waals surface area contributed by atoms with Crippen LogP contribution in [0.2, 0.25) is 0 Å². The second-order valence-corrected chi connectivity index (χ2v) is 9.27. The predicted molar refractivity (Wildman–Crippen MR) is 120 cm³/mol. The standard InChI is InChI=1S/C22H27N3O6S/c1-16-2-8-19(9-3-16)32(29,30)24-20(10-11-21(26)27)22(28)23-17-4-6-18(7-5-17)25-12-14-31-15-13-25/h2-9,20,24H,10-15H2,1H3,(H,23,28)(H,26,27)/t20-/m0/s1. The minimum Gasteiger partial charge on any atom is -0.481 e. The molecule has 1 amide bonds. The highest BCUT2D eigenvalue weighted by atomic mass is 32.2. The normalized spacial score (nSPS) is 15.2. The van der Waals surface area contributed by atoms with Crippen LogP contribution in [-0.2, 0) is 24.3 Å². The van der Waals surface area contributed by atoms with Crippen molar-refractivity contribution >= 4 is 33.3 Å². The first-order chi connectivity index (χ1) is 15.2. The number of anilines is 2. The molecular weight excluding hydrogens is 434 g/mol. The first-order valence-corrected chi connectivity index (χ1v) is 11.8. The number of aryl methyl sites for hydroxylation is 1. The van der Waals surface area contributed by atoms with E-state index in [0.717, 1.165) is 24.3 Å². The Morgan fingerprint density at radius 2 is 1.69 bits per heavy atom. The number of carbonyl (C=O) groups is 2. The summed E-state index contributed by atoms with van der Waals surface area (Å²) in [5.74, 6) is -1.74. The van der Waals surface area contributed by atoms with E-state index in [1.54, 1.807) is 24.3 Å². The van der Waals surface area contributed by atoms with E-state index in [-0.39, 0.29) is 17.7 Å². The fourth-order valence-electron chi connectivity index (χ4n) is 3.29. The average molecular weight is 462 g/mol.